The summed E-state index contributed by atoms with van der Waals surface area (Å²) in [5, 5.41) is 5.11. The summed E-state index contributed by atoms with van der Waals surface area (Å²) in [4.78, 5) is 24.5. The minimum atomic E-state index is -0.395. The van der Waals surface area contributed by atoms with Crippen LogP contribution in [0.1, 0.15) is 33.2 Å². The number of amides is 2. The van der Waals surface area contributed by atoms with Gasteiger partial charge in [0.05, 0.1) is 23.9 Å². The number of rotatable bonds is 3. The number of hydrogen-bond donors (Lipinski definition) is 0. The molecule has 22 heavy (non-hydrogen) atoms. The molecule has 0 N–H and O–H groups in total. The van der Waals surface area contributed by atoms with Crippen molar-refractivity contribution in [2.24, 2.45) is 5.10 Å². The Morgan fingerprint density at radius 2 is 1.50 bits per heavy atom. The van der Waals surface area contributed by atoms with E-state index >= 15 is 0 Å². The highest BCUT2D eigenvalue weighted by atomic mass is 16.5. The van der Waals surface area contributed by atoms with Gasteiger partial charge < -0.3 is 4.74 Å². The number of nitrogens with zero attached hydrogens (tertiary/aromatic N) is 2. The van der Waals surface area contributed by atoms with Crippen LogP contribution in [-0.4, -0.2) is 29.6 Å². The molecule has 3 rings (SSSR count). The molecule has 2 aromatic rings. The van der Waals surface area contributed by atoms with Gasteiger partial charge in [0.25, 0.3) is 11.8 Å². The Bertz CT molecular complexity index is 744. The number of carbonyl (C=O) groups excluding carboxylic acids is 2. The van der Waals surface area contributed by atoms with Crippen LogP contribution in [0.5, 0.6) is 5.75 Å². The van der Waals surface area contributed by atoms with Crippen molar-refractivity contribution < 1.29 is 14.3 Å². The van der Waals surface area contributed by atoms with Gasteiger partial charge in [-0.2, -0.15) is 10.1 Å². The van der Waals surface area contributed by atoms with E-state index in [0.29, 0.717) is 16.8 Å². The normalized spacial score (nSPS) is 14.3. The van der Waals surface area contributed by atoms with Crippen LogP contribution in [0.4, 0.5) is 0 Å². The van der Waals surface area contributed by atoms with Gasteiger partial charge in [0.1, 0.15) is 5.75 Å². The molecule has 0 bridgehead atoms. The van der Waals surface area contributed by atoms with Crippen LogP contribution in [0.15, 0.2) is 53.6 Å². The van der Waals surface area contributed by atoms with Gasteiger partial charge in [-0.15, -0.1) is 0 Å². The smallest absolute Gasteiger partial charge is 0.282 e. The van der Waals surface area contributed by atoms with Gasteiger partial charge in [-0.1, -0.05) is 12.1 Å². The lowest BCUT2D eigenvalue weighted by atomic mass is 10.1. The van der Waals surface area contributed by atoms with E-state index in [-0.39, 0.29) is 0 Å². The van der Waals surface area contributed by atoms with Crippen LogP contribution in [0.2, 0.25) is 0 Å². The summed E-state index contributed by atoms with van der Waals surface area (Å²) in [5.41, 5.74) is 2.17. The lowest BCUT2D eigenvalue weighted by molar-refractivity contribution is 0.0659. The highest BCUT2D eigenvalue weighted by Gasteiger charge is 2.35. The zero-order chi connectivity index (χ0) is 15.7. The predicted molar refractivity (Wildman–Crippen MR) is 82.1 cm³/mol. The van der Waals surface area contributed by atoms with Crippen molar-refractivity contribution in [1.82, 2.24) is 5.01 Å². The largest absolute Gasteiger partial charge is 0.497 e. The van der Waals surface area contributed by atoms with Crippen LogP contribution in [0.3, 0.4) is 0 Å². The van der Waals surface area contributed by atoms with Crippen molar-refractivity contribution in [2.45, 2.75) is 6.92 Å². The molecule has 0 saturated carbocycles. The Morgan fingerprint density at radius 1 is 0.955 bits per heavy atom. The highest BCUT2D eigenvalue weighted by Crippen LogP contribution is 2.23. The van der Waals surface area contributed by atoms with Gasteiger partial charge in [-0.25, -0.2) is 0 Å². The number of hydrazone groups is 1. The van der Waals surface area contributed by atoms with Gasteiger partial charge in [0.15, 0.2) is 0 Å². The fourth-order valence-electron chi connectivity index (χ4n) is 2.31. The van der Waals surface area contributed by atoms with Gasteiger partial charge in [-0.3, -0.25) is 9.59 Å². The van der Waals surface area contributed by atoms with Crippen molar-refractivity contribution >= 4 is 17.5 Å². The van der Waals surface area contributed by atoms with E-state index in [2.05, 4.69) is 5.10 Å². The molecule has 0 unspecified atom stereocenters. The standard InChI is InChI=1S/C17H14N2O3/c1-11(12-7-9-13(22-2)10-8-12)18-19-16(20)14-5-3-4-6-15(14)17(19)21/h3-10H,1-2H3/b18-11+. The summed E-state index contributed by atoms with van der Waals surface area (Å²) in [6.45, 7) is 1.76. The van der Waals surface area contributed by atoms with Crippen molar-refractivity contribution in [3.05, 3.63) is 65.2 Å². The molecule has 0 atom stereocenters. The number of carbonyl (C=O) groups is 2. The summed E-state index contributed by atoms with van der Waals surface area (Å²) < 4.78 is 5.10. The molecule has 0 radical (unpaired) electrons. The maximum Gasteiger partial charge on any atom is 0.282 e. The third-order valence-electron chi connectivity index (χ3n) is 3.53. The third kappa shape index (κ3) is 2.26. The molecule has 2 amide bonds. The monoisotopic (exact) mass is 294 g/mol. The molecule has 0 saturated heterocycles. The number of fused-ring (bicyclic) bond motifs is 1. The fraction of sp³-hybridized carbons (Fsp3) is 0.118. The van der Waals surface area contributed by atoms with Crippen molar-refractivity contribution in [3.63, 3.8) is 0 Å². The Kier molecular flexibility index (Phi) is 3.47. The molecule has 0 fully saturated rings. The fourth-order valence-corrected chi connectivity index (χ4v) is 2.31. The second-order valence-electron chi connectivity index (χ2n) is 4.88. The Balaban J connectivity index is 1.92. The summed E-state index contributed by atoms with van der Waals surface area (Å²) >= 11 is 0. The first-order valence-corrected chi connectivity index (χ1v) is 6.79. The number of methoxy groups -OCH3 is 1. The van der Waals surface area contributed by atoms with E-state index in [0.717, 1.165) is 16.3 Å². The first-order valence-electron chi connectivity index (χ1n) is 6.79. The zero-order valence-corrected chi connectivity index (χ0v) is 12.2. The SMILES string of the molecule is COc1ccc(/C(C)=N/N2C(=O)c3ccccc3C2=O)cc1. The van der Waals surface area contributed by atoms with Crippen LogP contribution < -0.4 is 4.74 Å². The predicted octanol–water partition coefficient (Wildman–Crippen LogP) is 2.72. The lowest BCUT2D eigenvalue weighted by Gasteiger charge is -2.09. The Labute approximate surface area is 127 Å². The topological polar surface area (TPSA) is 59.0 Å². The quantitative estimate of drug-likeness (QED) is 0.646. The van der Waals surface area contributed by atoms with Crippen LogP contribution in [0.25, 0.3) is 0 Å². The maximum atomic E-state index is 12.3. The van der Waals surface area contributed by atoms with Gasteiger partial charge in [0, 0.05) is 0 Å². The number of hydrogen-bond acceptors (Lipinski definition) is 4. The van der Waals surface area contributed by atoms with Crippen LogP contribution in [0, 0.1) is 0 Å². The first kappa shape index (κ1) is 14.0. The second kappa shape index (κ2) is 5.44. The molecule has 2 aromatic carbocycles. The molecule has 0 spiro atoms. The summed E-state index contributed by atoms with van der Waals surface area (Å²) in [7, 11) is 1.59. The van der Waals surface area contributed by atoms with E-state index < -0.39 is 11.8 Å². The molecular formula is C17H14N2O3. The molecule has 1 heterocycles. The van der Waals surface area contributed by atoms with E-state index in [1.807, 2.05) is 12.1 Å². The number of imide groups is 1. The third-order valence-corrected chi connectivity index (χ3v) is 3.53. The van der Waals surface area contributed by atoms with Crippen LogP contribution in [-0.2, 0) is 0 Å². The molecule has 5 heteroatoms. The van der Waals surface area contributed by atoms with E-state index in [1.165, 1.54) is 0 Å². The second-order valence-corrected chi connectivity index (χ2v) is 4.88. The number of benzene rings is 2. The summed E-state index contributed by atoms with van der Waals surface area (Å²) in [6, 6.07) is 14.0. The average Bonchev–Trinajstić information content (AvgIpc) is 2.80. The van der Waals surface area contributed by atoms with Crippen LogP contribution >= 0.6 is 0 Å². The highest BCUT2D eigenvalue weighted by molar-refractivity contribution is 6.21. The van der Waals surface area contributed by atoms with E-state index in [1.54, 1.807) is 50.4 Å². The summed E-state index contributed by atoms with van der Waals surface area (Å²) in [6.07, 6.45) is 0. The maximum absolute atomic E-state index is 12.3. The average molecular weight is 294 g/mol. The van der Waals surface area contributed by atoms with Gasteiger partial charge in [0.2, 0.25) is 0 Å². The van der Waals surface area contributed by atoms with Crippen molar-refractivity contribution in [3.8, 4) is 5.75 Å². The minimum Gasteiger partial charge on any atom is -0.497 e. The molecular weight excluding hydrogens is 280 g/mol. The van der Waals surface area contributed by atoms with Gasteiger partial charge in [-0.05, 0) is 48.9 Å². The van der Waals surface area contributed by atoms with Crippen molar-refractivity contribution in [1.29, 1.82) is 0 Å². The molecule has 1 aliphatic rings. The van der Waals surface area contributed by atoms with E-state index in [9.17, 15) is 9.59 Å². The molecule has 0 aliphatic carbocycles. The Morgan fingerprint density at radius 3 is 2.00 bits per heavy atom. The van der Waals surface area contributed by atoms with E-state index in [4.69, 9.17) is 4.74 Å². The van der Waals surface area contributed by atoms with Gasteiger partial charge >= 0.3 is 0 Å². The first-order chi connectivity index (χ1) is 10.6. The van der Waals surface area contributed by atoms with Crippen molar-refractivity contribution in [2.75, 3.05) is 7.11 Å². The lowest BCUT2D eigenvalue weighted by Crippen LogP contribution is -2.25. The molecule has 0 aromatic heterocycles. The number of ether oxygens (including phenoxy) is 1. The molecule has 5 nitrogen and oxygen atoms in total. The Hall–Kier alpha value is -2.95. The molecule has 1 aliphatic heterocycles. The minimum absolute atomic E-state index is 0.388. The molecule has 110 valence electrons. The zero-order valence-electron chi connectivity index (χ0n) is 12.2. The summed E-state index contributed by atoms with van der Waals surface area (Å²) in [5.74, 6) is -0.0563.